The van der Waals surface area contributed by atoms with E-state index in [1.807, 2.05) is 18.2 Å². The van der Waals surface area contributed by atoms with Gasteiger partial charge in [-0.05, 0) is 43.8 Å². The van der Waals surface area contributed by atoms with E-state index in [4.69, 9.17) is 0 Å². The highest BCUT2D eigenvalue weighted by Gasteiger charge is 2.51. The molecule has 0 bridgehead atoms. The lowest BCUT2D eigenvalue weighted by Crippen LogP contribution is -2.38. The lowest BCUT2D eigenvalue weighted by Gasteiger charge is -2.17. The fourth-order valence-electron chi connectivity index (χ4n) is 2.82. The van der Waals surface area contributed by atoms with Crippen LogP contribution in [0, 0.1) is 5.92 Å². The third-order valence-electron chi connectivity index (χ3n) is 4.22. The highest BCUT2D eigenvalue weighted by atomic mass is 35.5. The standard InChI is InChI=1S/C15H20N2O.ClH/c18-14(17-11-12-6-9-16-10-12)15(7-8-15)13-4-2-1-3-5-13;/h1-5,12,16H,6-11H2,(H,17,18);1H. The molecule has 4 heteroatoms. The van der Waals surface area contributed by atoms with Crippen LogP contribution < -0.4 is 10.6 Å². The van der Waals surface area contributed by atoms with Crippen molar-refractivity contribution in [1.82, 2.24) is 10.6 Å². The monoisotopic (exact) mass is 280 g/mol. The van der Waals surface area contributed by atoms with Crippen molar-refractivity contribution in [3.05, 3.63) is 35.9 Å². The smallest absolute Gasteiger partial charge is 0.230 e. The van der Waals surface area contributed by atoms with Gasteiger partial charge in [-0.3, -0.25) is 4.79 Å². The van der Waals surface area contributed by atoms with Gasteiger partial charge in [-0.1, -0.05) is 30.3 Å². The Hall–Kier alpha value is -1.06. The molecule has 0 aromatic heterocycles. The van der Waals surface area contributed by atoms with Crippen LogP contribution in [-0.4, -0.2) is 25.5 Å². The Bertz CT molecular complexity index is 425. The van der Waals surface area contributed by atoms with Gasteiger partial charge in [0.1, 0.15) is 0 Å². The summed E-state index contributed by atoms with van der Waals surface area (Å²) in [7, 11) is 0. The zero-order valence-electron chi connectivity index (χ0n) is 11.0. The molecule has 1 aromatic rings. The third kappa shape index (κ3) is 2.93. The Balaban J connectivity index is 0.00000133. The third-order valence-corrected chi connectivity index (χ3v) is 4.22. The number of hydrogen-bond donors (Lipinski definition) is 2. The van der Waals surface area contributed by atoms with Gasteiger partial charge >= 0.3 is 0 Å². The second kappa shape index (κ2) is 5.93. The van der Waals surface area contributed by atoms with E-state index in [1.54, 1.807) is 0 Å². The summed E-state index contributed by atoms with van der Waals surface area (Å²) in [5.74, 6) is 0.834. The van der Waals surface area contributed by atoms with Crippen molar-refractivity contribution in [3.8, 4) is 0 Å². The van der Waals surface area contributed by atoms with Crippen LogP contribution in [0.1, 0.15) is 24.8 Å². The maximum absolute atomic E-state index is 12.4. The maximum Gasteiger partial charge on any atom is 0.230 e. The number of carbonyl (C=O) groups is 1. The number of benzene rings is 1. The van der Waals surface area contributed by atoms with Crippen molar-refractivity contribution >= 4 is 18.3 Å². The minimum atomic E-state index is -0.215. The molecule has 1 atom stereocenters. The Morgan fingerprint density at radius 2 is 2.05 bits per heavy atom. The normalized spacial score (nSPS) is 23.5. The van der Waals surface area contributed by atoms with Crippen LogP contribution in [0.5, 0.6) is 0 Å². The van der Waals surface area contributed by atoms with E-state index in [0.717, 1.165) is 32.5 Å². The molecule has 3 nitrogen and oxygen atoms in total. The van der Waals surface area contributed by atoms with Crippen LogP contribution in [-0.2, 0) is 10.2 Å². The second-order valence-corrected chi connectivity index (χ2v) is 5.52. The zero-order valence-corrected chi connectivity index (χ0v) is 11.8. The van der Waals surface area contributed by atoms with Gasteiger partial charge in [0.2, 0.25) is 5.91 Å². The van der Waals surface area contributed by atoms with Crippen LogP contribution >= 0.6 is 12.4 Å². The molecule has 1 amide bonds. The zero-order chi connectivity index (χ0) is 12.4. The highest BCUT2D eigenvalue weighted by Crippen LogP contribution is 2.48. The van der Waals surface area contributed by atoms with Crippen LogP contribution in [0.3, 0.4) is 0 Å². The first kappa shape index (κ1) is 14.4. The van der Waals surface area contributed by atoms with Crippen molar-refractivity contribution < 1.29 is 4.79 Å². The molecule has 2 fully saturated rings. The Kier molecular flexibility index (Phi) is 4.48. The molecule has 104 valence electrons. The Morgan fingerprint density at radius 1 is 1.32 bits per heavy atom. The topological polar surface area (TPSA) is 41.1 Å². The fraction of sp³-hybridized carbons (Fsp3) is 0.533. The molecule has 1 aliphatic carbocycles. The van der Waals surface area contributed by atoms with Crippen LogP contribution in [0.4, 0.5) is 0 Å². The predicted molar refractivity (Wildman–Crippen MR) is 78.6 cm³/mol. The van der Waals surface area contributed by atoms with Gasteiger partial charge in [-0.25, -0.2) is 0 Å². The summed E-state index contributed by atoms with van der Waals surface area (Å²) >= 11 is 0. The van der Waals surface area contributed by atoms with Gasteiger partial charge in [0, 0.05) is 6.54 Å². The maximum atomic E-state index is 12.4. The summed E-state index contributed by atoms with van der Waals surface area (Å²) in [5.41, 5.74) is 0.958. The molecule has 1 heterocycles. The van der Waals surface area contributed by atoms with Gasteiger partial charge < -0.3 is 10.6 Å². The second-order valence-electron chi connectivity index (χ2n) is 5.52. The fourth-order valence-corrected chi connectivity index (χ4v) is 2.82. The van der Waals surface area contributed by atoms with E-state index < -0.39 is 0 Å². The molecule has 1 saturated heterocycles. The lowest BCUT2D eigenvalue weighted by atomic mass is 9.95. The van der Waals surface area contributed by atoms with Crippen molar-refractivity contribution in [1.29, 1.82) is 0 Å². The molecular weight excluding hydrogens is 260 g/mol. The lowest BCUT2D eigenvalue weighted by molar-refractivity contribution is -0.123. The summed E-state index contributed by atoms with van der Waals surface area (Å²) < 4.78 is 0. The molecule has 2 aliphatic rings. The van der Waals surface area contributed by atoms with Crippen LogP contribution in [0.25, 0.3) is 0 Å². The largest absolute Gasteiger partial charge is 0.355 e. The quantitative estimate of drug-likeness (QED) is 0.884. The van der Waals surface area contributed by atoms with E-state index in [1.165, 1.54) is 12.0 Å². The van der Waals surface area contributed by atoms with E-state index in [2.05, 4.69) is 22.8 Å². The van der Waals surface area contributed by atoms with Crippen molar-refractivity contribution in [2.24, 2.45) is 5.92 Å². The average molecular weight is 281 g/mol. The summed E-state index contributed by atoms with van der Waals surface area (Å²) in [4.78, 5) is 12.4. The summed E-state index contributed by atoms with van der Waals surface area (Å²) in [5, 5.41) is 6.48. The van der Waals surface area contributed by atoms with E-state index in [-0.39, 0.29) is 23.7 Å². The van der Waals surface area contributed by atoms with Crippen LogP contribution in [0.2, 0.25) is 0 Å². The van der Waals surface area contributed by atoms with Gasteiger partial charge in [-0.15, -0.1) is 12.4 Å². The summed E-state index contributed by atoms with van der Waals surface area (Å²) in [6.45, 7) is 2.95. The van der Waals surface area contributed by atoms with E-state index >= 15 is 0 Å². The predicted octanol–water partition coefficient (Wildman–Crippen LogP) is 1.87. The molecular formula is C15H21ClN2O. The first-order chi connectivity index (χ1) is 8.81. The summed E-state index contributed by atoms with van der Waals surface area (Å²) in [6.07, 6.45) is 3.16. The van der Waals surface area contributed by atoms with Gasteiger partial charge in [0.25, 0.3) is 0 Å². The molecule has 1 saturated carbocycles. The average Bonchev–Trinajstić information content (AvgIpc) is 3.07. The Morgan fingerprint density at radius 3 is 2.63 bits per heavy atom. The van der Waals surface area contributed by atoms with Gasteiger partial charge in [0.05, 0.1) is 5.41 Å². The molecule has 1 unspecified atom stereocenters. The van der Waals surface area contributed by atoms with Crippen molar-refractivity contribution in [2.45, 2.75) is 24.7 Å². The molecule has 1 aliphatic heterocycles. The van der Waals surface area contributed by atoms with Crippen molar-refractivity contribution in [3.63, 3.8) is 0 Å². The van der Waals surface area contributed by atoms with Crippen molar-refractivity contribution in [2.75, 3.05) is 19.6 Å². The number of amides is 1. The van der Waals surface area contributed by atoms with Gasteiger partial charge in [-0.2, -0.15) is 0 Å². The number of hydrogen-bond acceptors (Lipinski definition) is 2. The molecule has 19 heavy (non-hydrogen) atoms. The molecule has 0 spiro atoms. The SMILES string of the molecule is Cl.O=C(NCC1CCNC1)C1(c2ccccc2)CC1. The highest BCUT2D eigenvalue weighted by molar-refractivity contribution is 5.91. The minimum Gasteiger partial charge on any atom is -0.355 e. The van der Waals surface area contributed by atoms with Gasteiger partial charge in [0.15, 0.2) is 0 Å². The molecule has 3 rings (SSSR count). The molecule has 0 radical (unpaired) electrons. The number of rotatable bonds is 4. The van der Waals surface area contributed by atoms with E-state index in [0.29, 0.717) is 5.92 Å². The molecule has 1 aromatic carbocycles. The Labute approximate surface area is 120 Å². The number of halogens is 1. The van der Waals surface area contributed by atoms with Crippen LogP contribution in [0.15, 0.2) is 30.3 Å². The number of carbonyl (C=O) groups excluding carboxylic acids is 1. The number of nitrogens with one attached hydrogen (secondary N) is 2. The first-order valence-corrected chi connectivity index (χ1v) is 6.86. The summed E-state index contributed by atoms with van der Waals surface area (Å²) in [6, 6.07) is 10.2. The van der Waals surface area contributed by atoms with E-state index in [9.17, 15) is 4.79 Å². The first-order valence-electron chi connectivity index (χ1n) is 6.86. The minimum absolute atomic E-state index is 0. The molecule has 2 N–H and O–H groups in total.